The average molecular weight is 341 g/mol. The largest absolute Gasteiger partial charge is 0.494 e. The molecule has 1 N–H and O–H groups in total. The lowest BCUT2D eigenvalue weighted by molar-refractivity contribution is -0.121. The van der Waals surface area contributed by atoms with Crippen LogP contribution in [0, 0.1) is 5.92 Å². The van der Waals surface area contributed by atoms with Crippen molar-refractivity contribution in [3.8, 4) is 5.75 Å². The molecule has 2 rings (SSSR count). The molecule has 0 radical (unpaired) electrons. The maximum absolute atomic E-state index is 11.8. The van der Waals surface area contributed by atoms with E-state index >= 15 is 0 Å². The normalized spacial score (nSPS) is 11.0. The zero-order chi connectivity index (χ0) is 18.1. The number of hydrogen-bond donors (Lipinski definition) is 1. The fourth-order valence-corrected chi connectivity index (χ4v) is 2.02. The van der Waals surface area contributed by atoms with Gasteiger partial charge in [0.05, 0.1) is 12.8 Å². The van der Waals surface area contributed by atoms with Crippen LogP contribution in [0.4, 0.5) is 0 Å². The zero-order valence-electron chi connectivity index (χ0n) is 14.5. The third-order valence-corrected chi connectivity index (χ3v) is 3.46. The number of aromatic nitrogens is 1. The highest BCUT2D eigenvalue weighted by molar-refractivity contribution is 5.82. The molecule has 25 heavy (non-hydrogen) atoms. The summed E-state index contributed by atoms with van der Waals surface area (Å²) < 4.78 is 6.96. The minimum absolute atomic E-state index is 0.0698. The van der Waals surface area contributed by atoms with Crippen molar-refractivity contribution in [3.63, 3.8) is 0 Å². The number of nitrogens with zero attached hydrogens (tertiary/aromatic N) is 2. The minimum Gasteiger partial charge on any atom is -0.494 e. The van der Waals surface area contributed by atoms with Gasteiger partial charge >= 0.3 is 0 Å². The van der Waals surface area contributed by atoms with Crippen LogP contribution in [-0.2, 0) is 11.3 Å². The van der Waals surface area contributed by atoms with Crippen LogP contribution in [0.5, 0.6) is 5.75 Å². The first-order valence-electron chi connectivity index (χ1n) is 8.25. The zero-order valence-corrected chi connectivity index (χ0v) is 14.5. The van der Waals surface area contributed by atoms with Gasteiger partial charge in [-0.3, -0.25) is 9.59 Å². The Morgan fingerprint density at radius 3 is 2.68 bits per heavy atom. The van der Waals surface area contributed by atoms with E-state index in [1.165, 1.54) is 10.6 Å². The third kappa shape index (κ3) is 6.63. The van der Waals surface area contributed by atoms with E-state index < -0.39 is 0 Å². The molecule has 0 aliphatic heterocycles. The first-order chi connectivity index (χ1) is 12.0. The number of nitrogens with one attached hydrogen (secondary N) is 1. The molecular weight excluding hydrogens is 318 g/mol. The number of amides is 1. The quantitative estimate of drug-likeness (QED) is 0.592. The molecule has 0 saturated heterocycles. The lowest BCUT2D eigenvalue weighted by Gasteiger charge is -2.08. The van der Waals surface area contributed by atoms with Gasteiger partial charge in [-0.1, -0.05) is 19.9 Å². The van der Waals surface area contributed by atoms with Crippen molar-refractivity contribution in [2.45, 2.75) is 26.8 Å². The van der Waals surface area contributed by atoms with Gasteiger partial charge in [0, 0.05) is 12.3 Å². The SMILES string of the molecule is CC(C)CCOc1ccc(/C=N\NC(=O)Cn2ccccc2=O)cc1. The first-order valence-corrected chi connectivity index (χ1v) is 8.25. The Morgan fingerprint density at radius 2 is 2.00 bits per heavy atom. The van der Waals surface area contributed by atoms with Crippen molar-refractivity contribution < 1.29 is 9.53 Å². The lowest BCUT2D eigenvalue weighted by atomic mass is 10.1. The van der Waals surface area contributed by atoms with Gasteiger partial charge in [-0.05, 0) is 48.2 Å². The van der Waals surface area contributed by atoms with Crippen LogP contribution in [-0.4, -0.2) is 23.3 Å². The average Bonchev–Trinajstić information content (AvgIpc) is 2.58. The second-order valence-corrected chi connectivity index (χ2v) is 6.06. The van der Waals surface area contributed by atoms with E-state index in [9.17, 15) is 9.59 Å². The minimum atomic E-state index is -0.363. The van der Waals surface area contributed by atoms with Crippen molar-refractivity contribution in [1.29, 1.82) is 0 Å². The molecule has 0 saturated carbocycles. The van der Waals surface area contributed by atoms with Crippen LogP contribution in [0.3, 0.4) is 0 Å². The van der Waals surface area contributed by atoms with Gasteiger partial charge < -0.3 is 9.30 Å². The molecule has 0 atom stereocenters. The van der Waals surface area contributed by atoms with Gasteiger partial charge in [-0.25, -0.2) is 5.43 Å². The van der Waals surface area contributed by atoms with Crippen molar-refractivity contribution in [1.82, 2.24) is 9.99 Å². The smallest absolute Gasteiger partial charge is 0.260 e. The molecule has 132 valence electrons. The molecule has 1 heterocycles. The second kappa shape index (κ2) is 9.42. The van der Waals surface area contributed by atoms with Gasteiger partial charge in [-0.2, -0.15) is 5.10 Å². The number of pyridine rings is 1. The molecule has 0 spiro atoms. The molecule has 0 aliphatic carbocycles. The van der Waals surface area contributed by atoms with E-state index in [4.69, 9.17) is 4.74 Å². The summed E-state index contributed by atoms with van der Waals surface area (Å²) in [5, 5.41) is 3.90. The van der Waals surface area contributed by atoms with Crippen LogP contribution in [0.15, 0.2) is 58.6 Å². The first kappa shape index (κ1) is 18.4. The van der Waals surface area contributed by atoms with Crippen molar-refractivity contribution >= 4 is 12.1 Å². The van der Waals surface area contributed by atoms with Crippen LogP contribution in [0.2, 0.25) is 0 Å². The van der Waals surface area contributed by atoms with E-state index in [0.29, 0.717) is 12.5 Å². The van der Waals surface area contributed by atoms with E-state index in [-0.39, 0.29) is 18.0 Å². The molecule has 0 bridgehead atoms. The fraction of sp³-hybridized carbons (Fsp3) is 0.316. The molecule has 1 amide bonds. The monoisotopic (exact) mass is 341 g/mol. The maximum atomic E-state index is 11.8. The summed E-state index contributed by atoms with van der Waals surface area (Å²) in [5.41, 5.74) is 3.02. The standard InChI is InChI=1S/C19H23N3O3/c1-15(2)10-12-25-17-8-6-16(7-9-17)13-20-21-18(23)14-22-11-4-3-5-19(22)24/h3-9,11,13,15H,10,12,14H2,1-2H3,(H,21,23)/b20-13-. The third-order valence-electron chi connectivity index (χ3n) is 3.46. The van der Waals surface area contributed by atoms with Crippen molar-refractivity contribution in [3.05, 3.63) is 64.6 Å². The fourth-order valence-electron chi connectivity index (χ4n) is 2.02. The highest BCUT2D eigenvalue weighted by Gasteiger charge is 2.02. The Morgan fingerprint density at radius 1 is 1.24 bits per heavy atom. The number of rotatable bonds is 8. The van der Waals surface area contributed by atoms with Crippen LogP contribution in [0.1, 0.15) is 25.8 Å². The maximum Gasteiger partial charge on any atom is 0.260 e. The number of benzene rings is 1. The lowest BCUT2D eigenvalue weighted by Crippen LogP contribution is -2.28. The summed E-state index contributed by atoms with van der Waals surface area (Å²) in [6, 6.07) is 12.2. The number of hydrogen-bond acceptors (Lipinski definition) is 4. The van der Waals surface area contributed by atoms with E-state index in [0.717, 1.165) is 17.7 Å². The Hall–Kier alpha value is -2.89. The molecule has 0 aliphatic rings. The molecule has 0 fully saturated rings. The summed E-state index contributed by atoms with van der Waals surface area (Å²) in [4.78, 5) is 23.3. The molecule has 1 aromatic heterocycles. The van der Waals surface area contributed by atoms with Crippen molar-refractivity contribution in [2.24, 2.45) is 11.0 Å². The highest BCUT2D eigenvalue weighted by atomic mass is 16.5. The summed E-state index contributed by atoms with van der Waals surface area (Å²) in [6.07, 6.45) is 4.12. The number of carbonyl (C=O) groups is 1. The number of hydrazone groups is 1. The number of ether oxygens (including phenoxy) is 1. The summed E-state index contributed by atoms with van der Waals surface area (Å²) in [7, 11) is 0. The summed E-state index contributed by atoms with van der Waals surface area (Å²) in [6.45, 7) is 4.94. The molecule has 0 unspecified atom stereocenters. The van der Waals surface area contributed by atoms with E-state index in [2.05, 4.69) is 24.4 Å². The topological polar surface area (TPSA) is 72.7 Å². The Labute approximate surface area is 147 Å². The Kier molecular flexibility index (Phi) is 6.95. The van der Waals surface area contributed by atoms with Crippen LogP contribution < -0.4 is 15.7 Å². The van der Waals surface area contributed by atoms with E-state index in [1.807, 2.05) is 24.3 Å². The second-order valence-electron chi connectivity index (χ2n) is 6.06. The molecular formula is C19H23N3O3. The molecule has 2 aromatic rings. The van der Waals surface area contributed by atoms with Gasteiger partial charge in [0.1, 0.15) is 12.3 Å². The van der Waals surface area contributed by atoms with Crippen molar-refractivity contribution in [2.75, 3.05) is 6.61 Å². The summed E-state index contributed by atoms with van der Waals surface area (Å²) in [5.74, 6) is 1.06. The van der Waals surface area contributed by atoms with Gasteiger partial charge in [-0.15, -0.1) is 0 Å². The van der Waals surface area contributed by atoms with Gasteiger partial charge in [0.15, 0.2) is 0 Å². The Bertz CT molecular complexity index is 764. The predicted molar refractivity (Wildman–Crippen MR) is 97.8 cm³/mol. The molecule has 6 heteroatoms. The molecule has 6 nitrogen and oxygen atoms in total. The van der Waals surface area contributed by atoms with E-state index in [1.54, 1.807) is 24.5 Å². The van der Waals surface area contributed by atoms with Gasteiger partial charge in [0.2, 0.25) is 0 Å². The van der Waals surface area contributed by atoms with Crippen LogP contribution in [0.25, 0.3) is 0 Å². The molecule has 1 aromatic carbocycles. The van der Waals surface area contributed by atoms with Crippen LogP contribution >= 0.6 is 0 Å². The highest BCUT2D eigenvalue weighted by Crippen LogP contribution is 2.12. The summed E-state index contributed by atoms with van der Waals surface area (Å²) >= 11 is 0. The Balaban J connectivity index is 1.80. The predicted octanol–water partition coefficient (Wildman–Crippen LogP) is 2.42. The number of carbonyl (C=O) groups excluding carboxylic acids is 1. The van der Waals surface area contributed by atoms with Gasteiger partial charge in [0.25, 0.3) is 11.5 Å².